The van der Waals surface area contributed by atoms with E-state index in [-0.39, 0.29) is 0 Å². The van der Waals surface area contributed by atoms with Crippen molar-refractivity contribution in [3.8, 4) is 11.8 Å². The Bertz CT molecular complexity index is 569. The first-order chi connectivity index (χ1) is 8.31. The van der Waals surface area contributed by atoms with Crippen LogP contribution in [0.1, 0.15) is 31.4 Å². The molecule has 86 valence electrons. The van der Waals surface area contributed by atoms with E-state index in [9.17, 15) is 5.11 Å². The van der Waals surface area contributed by atoms with Crippen LogP contribution in [0.5, 0.6) is 0 Å². The second-order valence-corrected chi connectivity index (χ2v) is 3.79. The molecule has 2 aromatic rings. The molecule has 3 nitrogen and oxygen atoms in total. The fourth-order valence-corrected chi connectivity index (χ4v) is 1.69. The zero-order valence-electron chi connectivity index (χ0n) is 9.72. The third kappa shape index (κ3) is 2.80. The van der Waals surface area contributed by atoms with Crippen molar-refractivity contribution in [3.63, 3.8) is 0 Å². The van der Waals surface area contributed by atoms with E-state index in [1.54, 1.807) is 19.3 Å². The first-order valence-corrected chi connectivity index (χ1v) is 5.59. The van der Waals surface area contributed by atoms with E-state index < -0.39 is 6.10 Å². The molecule has 0 bridgehead atoms. The Balaban J connectivity index is 2.19. The van der Waals surface area contributed by atoms with Crippen LogP contribution in [0.3, 0.4) is 0 Å². The van der Waals surface area contributed by atoms with Crippen LogP contribution in [0.15, 0.2) is 30.6 Å². The van der Waals surface area contributed by atoms with Gasteiger partial charge in [-0.25, -0.2) is 0 Å². The number of aromatic nitrogens is 2. The molecule has 0 amide bonds. The summed E-state index contributed by atoms with van der Waals surface area (Å²) in [5, 5.41) is 9.99. The molecule has 1 aromatic heterocycles. The summed E-state index contributed by atoms with van der Waals surface area (Å²) in [4.78, 5) is 8.41. The minimum atomic E-state index is -0.484. The van der Waals surface area contributed by atoms with Crippen molar-refractivity contribution in [3.05, 3.63) is 36.2 Å². The van der Waals surface area contributed by atoms with Crippen LogP contribution in [0, 0.1) is 11.8 Å². The van der Waals surface area contributed by atoms with Crippen LogP contribution in [-0.2, 0) is 0 Å². The van der Waals surface area contributed by atoms with Crippen LogP contribution in [0.4, 0.5) is 0 Å². The summed E-state index contributed by atoms with van der Waals surface area (Å²) in [7, 11) is 0. The molecule has 1 unspecified atom stereocenters. The van der Waals surface area contributed by atoms with Crippen LogP contribution in [0.2, 0.25) is 0 Å². The molecule has 17 heavy (non-hydrogen) atoms. The van der Waals surface area contributed by atoms with Gasteiger partial charge in [0.15, 0.2) is 0 Å². The first-order valence-electron chi connectivity index (χ1n) is 5.59. The molecule has 0 aliphatic carbocycles. The smallest absolute Gasteiger partial charge is 0.0890 e. The minimum absolute atomic E-state index is 0.484. The van der Waals surface area contributed by atoms with Crippen molar-refractivity contribution in [2.45, 2.75) is 25.9 Å². The zero-order chi connectivity index (χ0) is 12.1. The molecule has 1 N–H and O–H groups in total. The first kappa shape index (κ1) is 11.6. The highest BCUT2D eigenvalue weighted by Crippen LogP contribution is 2.20. The van der Waals surface area contributed by atoms with Gasteiger partial charge in [0.2, 0.25) is 0 Å². The lowest BCUT2D eigenvalue weighted by molar-refractivity contribution is 0.169. The number of nitrogens with zero attached hydrogens (tertiary/aromatic N) is 2. The summed E-state index contributed by atoms with van der Waals surface area (Å²) in [6, 6.07) is 5.65. The lowest BCUT2D eigenvalue weighted by Crippen LogP contribution is -1.97. The van der Waals surface area contributed by atoms with Crippen molar-refractivity contribution < 1.29 is 5.11 Å². The van der Waals surface area contributed by atoms with Gasteiger partial charge in [0, 0.05) is 18.8 Å². The molecule has 0 aliphatic heterocycles. The fraction of sp³-hybridized carbons (Fsp3) is 0.286. The maximum Gasteiger partial charge on any atom is 0.0890 e. The molecule has 0 spiro atoms. The number of aliphatic hydroxyl groups is 1. The van der Waals surface area contributed by atoms with E-state index in [0.29, 0.717) is 12.8 Å². The number of hydrogen-bond donors (Lipinski definition) is 1. The maximum atomic E-state index is 9.99. The van der Waals surface area contributed by atoms with Gasteiger partial charge in [-0.05, 0) is 31.0 Å². The predicted molar refractivity (Wildman–Crippen MR) is 67.2 cm³/mol. The molecular weight excluding hydrogens is 212 g/mol. The van der Waals surface area contributed by atoms with E-state index in [1.807, 2.05) is 18.2 Å². The number of hydrogen-bond acceptors (Lipinski definition) is 3. The average molecular weight is 226 g/mol. The monoisotopic (exact) mass is 226 g/mol. The zero-order valence-corrected chi connectivity index (χ0v) is 9.72. The van der Waals surface area contributed by atoms with Crippen LogP contribution in [-0.4, -0.2) is 15.1 Å². The van der Waals surface area contributed by atoms with E-state index in [1.165, 1.54) is 0 Å². The summed E-state index contributed by atoms with van der Waals surface area (Å²) < 4.78 is 0. The van der Waals surface area contributed by atoms with Crippen molar-refractivity contribution in [1.29, 1.82) is 0 Å². The van der Waals surface area contributed by atoms with Gasteiger partial charge in [-0.2, -0.15) is 0 Å². The molecule has 0 saturated heterocycles. The van der Waals surface area contributed by atoms with Gasteiger partial charge in [0.25, 0.3) is 0 Å². The van der Waals surface area contributed by atoms with E-state index in [4.69, 9.17) is 0 Å². The summed E-state index contributed by atoms with van der Waals surface area (Å²) in [6.45, 7) is 1.80. The Morgan fingerprint density at radius 3 is 2.76 bits per heavy atom. The number of fused-ring (bicyclic) bond motifs is 1. The van der Waals surface area contributed by atoms with Crippen LogP contribution >= 0.6 is 0 Å². The SMILES string of the molecule is CC#CCCC(O)c1ccc2nccnc2c1. The summed E-state index contributed by atoms with van der Waals surface area (Å²) in [6.07, 6.45) is 4.18. The molecule has 2 rings (SSSR count). The number of aliphatic hydroxyl groups excluding tert-OH is 1. The topological polar surface area (TPSA) is 46.0 Å². The largest absolute Gasteiger partial charge is 0.388 e. The van der Waals surface area contributed by atoms with Gasteiger partial charge < -0.3 is 5.11 Å². The molecule has 1 heterocycles. The minimum Gasteiger partial charge on any atom is -0.388 e. The van der Waals surface area contributed by atoms with Gasteiger partial charge in [0.1, 0.15) is 0 Å². The quantitative estimate of drug-likeness (QED) is 0.818. The third-order valence-electron chi connectivity index (χ3n) is 2.60. The maximum absolute atomic E-state index is 9.99. The molecule has 1 aromatic carbocycles. The highest BCUT2D eigenvalue weighted by atomic mass is 16.3. The normalized spacial score (nSPS) is 11.9. The molecule has 0 aliphatic rings. The Labute approximate surface area is 101 Å². The Hall–Kier alpha value is -1.92. The van der Waals surface area contributed by atoms with Crippen LogP contribution < -0.4 is 0 Å². The van der Waals surface area contributed by atoms with Gasteiger partial charge in [0.05, 0.1) is 17.1 Å². The van der Waals surface area contributed by atoms with Crippen molar-refractivity contribution in [2.75, 3.05) is 0 Å². The molecule has 0 radical (unpaired) electrons. The number of rotatable bonds is 3. The van der Waals surface area contributed by atoms with E-state index in [0.717, 1.165) is 16.6 Å². The van der Waals surface area contributed by atoms with Gasteiger partial charge in [-0.3, -0.25) is 9.97 Å². The highest BCUT2D eigenvalue weighted by Gasteiger charge is 2.07. The van der Waals surface area contributed by atoms with E-state index in [2.05, 4.69) is 21.8 Å². The lowest BCUT2D eigenvalue weighted by Gasteiger charge is -2.09. The van der Waals surface area contributed by atoms with Gasteiger partial charge in [-0.1, -0.05) is 6.07 Å². The average Bonchev–Trinajstić information content (AvgIpc) is 2.38. The van der Waals surface area contributed by atoms with Gasteiger partial charge >= 0.3 is 0 Å². The molecule has 0 saturated carbocycles. The molecule has 1 atom stereocenters. The van der Waals surface area contributed by atoms with Crippen molar-refractivity contribution >= 4 is 11.0 Å². The summed E-state index contributed by atoms with van der Waals surface area (Å²) in [5.41, 5.74) is 2.53. The Morgan fingerprint density at radius 1 is 1.24 bits per heavy atom. The molecule has 3 heteroatoms. The summed E-state index contributed by atoms with van der Waals surface area (Å²) in [5.74, 6) is 5.77. The number of benzene rings is 1. The Kier molecular flexibility index (Phi) is 3.69. The van der Waals surface area contributed by atoms with E-state index >= 15 is 0 Å². The molecular formula is C14H14N2O. The second kappa shape index (κ2) is 5.42. The fourth-order valence-electron chi connectivity index (χ4n) is 1.69. The third-order valence-corrected chi connectivity index (χ3v) is 2.60. The van der Waals surface area contributed by atoms with Crippen LogP contribution in [0.25, 0.3) is 11.0 Å². The lowest BCUT2D eigenvalue weighted by atomic mass is 10.0. The second-order valence-electron chi connectivity index (χ2n) is 3.79. The van der Waals surface area contributed by atoms with Crippen molar-refractivity contribution in [2.24, 2.45) is 0 Å². The standard InChI is InChI=1S/C14H14N2O/c1-2-3-4-5-14(17)11-6-7-12-13(10-11)16-9-8-15-12/h6-10,14,17H,4-5H2,1H3. The Morgan fingerprint density at radius 2 is 2.00 bits per heavy atom. The highest BCUT2D eigenvalue weighted by molar-refractivity contribution is 5.74. The predicted octanol–water partition coefficient (Wildman–Crippen LogP) is 2.47. The summed E-state index contributed by atoms with van der Waals surface area (Å²) >= 11 is 0. The van der Waals surface area contributed by atoms with Crippen molar-refractivity contribution in [1.82, 2.24) is 9.97 Å². The molecule has 0 fully saturated rings. The van der Waals surface area contributed by atoms with Gasteiger partial charge in [-0.15, -0.1) is 11.8 Å².